The van der Waals surface area contributed by atoms with E-state index in [2.05, 4.69) is 5.32 Å². The highest BCUT2D eigenvalue weighted by Gasteiger charge is 2.20. The molecule has 130 valence electrons. The second-order valence-corrected chi connectivity index (χ2v) is 7.22. The van der Waals surface area contributed by atoms with E-state index < -0.39 is 15.9 Å². The van der Waals surface area contributed by atoms with Crippen molar-refractivity contribution in [2.75, 3.05) is 38.9 Å². The molecule has 0 bridgehead atoms. The molecule has 1 aromatic carbocycles. The standard InChI is InChI=1S/C14H21ClN2O5S/c1-5-6-17(23(4,19)20)9-14(18)16-11-8-12(21-2)10(15)7-13(11)22-3/h7-8H,5-6,9H2,1-4H3,(H,16,18). The molecule has 0 saturated heterocycles. The summed E-state index contributed by atoms with van der Waals surface area (Å²) < 4.78 is 34.7. The Morgan fingerprint density at radius 3 is 2.35 bits per heavy atom. The molecule has 9 heteroatoms. The largest absolute Gasteiger partial charge is 0.495 e. The Labute approximate surface area is 141 Å². The number of carbonyl (C=O) groups is 1. The molecule has 0 fully saturated rings. The highest BCUT2D eigenvalue weighted by molar-refractivity contribution is 7.88. The molecule has 0 saturated carbocycles. The molecule has 1 N–H and O–H groups in total. The Balaban J connectivity index is 2.96. The molecule has 0 aliphatic heterocycles. The number of methoxy groups -OCH3 is 2. The van der Waals surface area contributed by atoms with Crippen molar-refractivity contribution in [3.63, 3.8) is 0 Å². The number of nitrogens with one attached hydrogen (secondary N) is 1. The molecular formula is C14H21ClN2O5S. The molecule has 0 aromatic heterocycles. The van der Waals surface area contributed by atoms with Crippen LogP contribution in [0.2, 0.25) is 5.02 Å². The Morgan fingerprint density at radius 2 is 1.87 bits per heavy atom. The van der Waals surface area contributed by atoms with Crippen LogP contribution in [-0.2, 0) is 14.8 Å². The summed E-state index contributed by atoms with van der Waals surface area (Å²) in [7, 11) is -0.566. The zero-order valence-electron chi connectivity index (χ0n) is 13.6. The van der Waals surface area contributed by atoms with Gasteiger partial charge in [-0.2, -0.15) is 4.31 Å². The third-order valence-corrected chi connectivity index (χ3v) is 4.56. The number of amides is 1. The third-order valence-electron chi connectivity index (χ3n) is 3.01. The lowest BCUT2D eigenvalue weighted by molar-refractivity contribution is -0.116. The van der Waals surface area contributed by atoms with Crippen molar-refractivity contribution in [2.24, 2.45) is 0 Å². The predicted octanol–water partition coefficient (Wildman–Crippen LogP) is 1.97. The van der Waals surface area contributed by atoms with E-state index in [0.717, 1.165) is 10.6 Å². The van der Waals surface area contributed by atoms with E-state index in [1.54, 1.807) is 0 Å². The molecule has 1 rings (SSSR count). The number of nitrogens with zero attached hydrogens (tertiary/aromatic N) is 1. The van der Waals surface area contributed by atoms with Gasteiger partial charge in [0.2, 0.25) is 15.9 Å². The molecule has 1 amide bonds. The van der Waals surface area contributed by atoms with Crippen LogP contribution in [-0.4, -0.2) is 52.2 Å². The summed E-state index contributed by atoms with van der Waals surface area (Å²) in [6, 6.07) is 3.03. The number of carbonyl (C=O) groups excluding carboxylic acids is 1. The van der Waals surface area contributed by atoms with Crippen molar-refractivity contribution < 1.29 is 22.7 Å². The predicted molar refractivity (Wildman–Crippen MR) is 89.9 cm³/mol. The zero-order chi connectivity index (χ0) is 17.6. The second-order valence-electron chi connectivity index (χ2n) is 4.83. The minimum Gasteiger partial charge on any atom is -0.495 e. The van der Waals surface area contributed by atoms with Gasteiger partial charge in [-0.3, -0.25) is 4.79 Å². The van der Waals surface area contributed by atoms with E-state index >= 15 is 0 Å². The molecule has 0 aliphatic carbocycles. The number of halogens is 1. The van der Waals surface area contributed by atoms with E-state index in [-0.39, 0.29) is 13.1 Å². The van der Waals surface area contributed by atoms with E-state index in [4.69, 9.17) is 21.1 Å². The van der Waals surface area contributed by atoms with Crippen LogP contribution < -0.4 is 14.8 Å². The van der Waals surface area contributed by atoms with E-state index in [0.29, 0.717) is 28.6 Å². The topological polar surface area (TPSA) is 84.9 Å². The smallest absolute Gasteiger partial charge is 0.239 e. The van der Waals surface area contributed by atoms with Crippen molar-refractivity contribution in [1.29, 1.82) is 0 Å². The van der Waals surface area contributed by atoms with Crippen molar-refractivity contribution >= 4 is 33.2 Å². The molecule has 0 spiro atoms. The van der Waals surface area contributed by atoms with E-state index in [1.807, 2.05) is 6.92 Å². The minimum absolute atomic E-state index is 0.271. The maximum absolute atomic E-state index is 12.2. The molecule has 0 aliphatic rings. The maximum Gasteiger partial charge on any atom is 0.239 e. The fourth-order valence-electron chi connectivity index (χ4n) is 1.92. The van der Waals surface area contributed by atoms with Gasteiger partial charge in [-0.05, 0) is 6.42 Å². The van der Waals surface area contributed by atoms with Crippen molar-refractivity contribution in [3.05, 3.63) is 17.2 Å². The van der Waals surface area contributed by atoms with Crippen LogP contribution in [0.3, 0.4) is 0 Å². The molecule has 7 nitrogen and oxygen atoms in total. The Hall–Kier alpha value is -1.51. The van der Waals surface area contributed by atoms with Crippen molar-refractivity contribution in [3.8, 4) is 11.5 Å². The number of ether oxygens (including phenoxy) is 2. The van der Waals surface area contributed by atoms with Gasteiger partial charge in [-0.15, -0.1) is 0 Å². The van der Waals surface area contributed by atoms with Crippen LogP contribution in [0.4, 0.5) is 5.69 Å². The van der Waals surface area contributed by atoms with Crippen LogP contribution in [0.15, 0.2) is 12.1 Å². The van der Waals surface area contributed by atoms with Crippen LogP contribution in [0.1, 0.15) is 13.3 Å². The second kappa shape index (κ2) is 8.37. The number of sulfonamides is 1. The zero-order valence-corrected chi connectivity index (χ0v) is 15.1. The summed E-state index contributed by atoms with van der Waals surface area (Å²) in [6.07, 6.45) is 1.68. The Morgan fingerprint density at radius 1 is 1.26 bits per heavy atom. The molecular weight excluding hydrogens is 344 g/mol. The highest BCUT2D eigenvalue weighted by atomic mass is 35.5. The van der Waals surface area contributed by atoms with Gasteiger partial charge in [-0.1, -0.05) is 18.5 Å². The lowest BCUT2D eigenvalue weighted by atomic mass is 10.2. The fraction of sp³-hybridized carbons (Fsp3) is 0.500. The average Bonchev–Trinajstić information content (AvgIpc) is 2.47. The number of benzene rings is 1. The quantitative estimate of drug-likeness (QED) is 0.762. The van der Waals surface area contributed by atoms with Crippen LogP contribution in [0.25, 0.3) is 0 Å². The first-order valence-electron chi connectivity index (χ1n) is 6.89. The van der Waals surface area contributed by atoms with E-state index in [1.165, 1.54) is 26.4 Å². The van der Waals surface area contributed by atoms with Gasteiger partial charge in [0.1, 0.15) is 11.5 Å². The summed E-state index contributed by atoms with van der Waals surface area (Å²) in [5.41, 5.74) is 0.351. The van der Waals surface area contributed by atoms with Gasteiger partial charge >= 0.3 is 0 Å². The van der Waals surface area contributed by atoms with Gasteiger partial charge in [0.05, 0.1) is 37.7 Å². The third kappa shape index (κ3) is 5.56. The molecule has 0 atom stereocenters. The van der Waals surface area contributed by atoms with Gasteiger partial charge in [0.15, 0.2) is 0 Å². The van der Waals surface area contributed by atoms with Gasteiger partial charge in [0, 0.05) is 18.7 Å². The Kier molecular flexibility index (Phi) is 7.11. The maximum atomic E-state index is 12.2. The monoisotopic (exact) mass is 364 g/mol. The number of anilines is 1. The molecule has 23 heavy (non-hydrogen) atoms. The van der Waals surface area contributed by atoms with Crippen molar-refractivity contribution in [1.82, 2.24) is 4.31 Å². The molecule has 0 radical (unpaired) electrons. The highest BCUT2D eigenvalue weighted by Crippen LogP contribution is 2.35. The number of hydrogen-bond donors (Lipinski definition) is 1. The first kappa shape index (κ1) is 19.5. The van der Waals surface area contributed by atoms with E-state index in [9.17, 15) is 13.2 Å². The first-order valence-corrected chi connectivity index (χ1v) is 9.12. The SMILES string of the molecule is CCCN(CC(=O)Nc1cc(OC)c(Cl)cc1OC)S(C)(=O)=O. The van der Waals surface area contributed by atoms with Gasteiger partial charge in [-0.25, -0.2) is 8.42 Å². The van der Waals surface area contributed by atoms with Gasteiger partial charge in [0.25, 0.3) is 0 Å². The first-order chi connectivity index (χ1) is 10.7. The average molecular weight is 365 g/mol. The molecule has 0 heterocycles. The summed E-state index contributed by atoms with van der Waals surface area (Å²) in [6.45, 7) is 1.83. The number of hydrogen-bond acceptors (Lipinski definition) is 5. The van der Waals surface area contributed by atoms with Crippen LogP contribution in [0.5, 0.6) is 11.5 Å². The Bertz CT molecular complexity index is 663. The number of rotatable bonds is 8. The lowest BCUT2D eigenvalue weighted by Crippen LogP contribution is -2.37. The molecule has 0 unspecified atom stereocenters. The molecule has 1 aromatic rings. The lowest BCUT2D eigenvalue weighted by Gasteiger charge is -2.19. The summed E-state index contributed by atoms with van der Waals surface area (Å²) >= 11 is 6.00. The minimum atomic E-state index is -3.45. The summed E-state index contributed by atoms with van der Waals surface area (Å²) in [5.74, 6) is 0.244. The summed E-state index contributed by atoms with van der Waals surface area (Å²) in [4.78, 5) is 12.2. The fourth-order valence-corrected chi connectivity index (χ4v) is 3.02. The van der Waals surface area contributed by atoms with Crippen LogP contribution in [0, 0.1) is 0 Å². The summed E-state index contributed by atoms with van der Waals surface area (Å²) in [5, 5.41) is 2.95. The van der Waals surface area contributed by atoms with Crippen molar-refractivity contribution in [2.45, 2.75) is 13.3 Å². The van der Waals surface area contributed by atoms with Crippen LogP contribution >= 0.6 is 11.6 Å². The van der Waals surface area contributed by atoms with Gasteiger partial charge < -0.3 is 14.8 Å². The normalized spacial score (nSPS) is 11.4.